The molecular formula is C22H28ClFN4O. The van der Waals surface area contributed by atoms with Gasteiger partial charge in [0.1, 0.15) is 11.6 Å². The van der Waals surface area contributed by atoms with Crippen molar-refractivity contribution in [2.45, 2.75) is 32.0 Å². The number of benzene rings is 2. The molecule has 0 saturated carbocycles. The van der Waals surface area contributed by atoms with Crippen molar-refractivity contribution >= 4 is 17.6 Å². The lowest BCUT2D eigenvalue weighted by Crippen LogP contribution is -2.48. The van der Waals surface area contributed by atoms with Gasteiger partial charge < -0.3 is 15.4 Å². The molecule has 5 nitrogen and oxygen atoms in total. The summed E-state index contributed by atoms with van der Waals surface area (Å²) in [5.41, 5.74) is 2.17. The molecule has 0 amide bonds. The Balaban J connectivity index is 1.45. The number of likely N-dealkylation sites (tertiary alicyclic amines) is 1. The minimum absolute atomic E-state index is 0.188. The summed E-state index contributed by atoms with van der Waals surface area (Å²) in [6.45, 7) is 3.45. The molecule has 29 heavy (non-hydrogen) atoms. The average molecular weight is 419 g/mol. The zero-order valence-corrected chi connectivity index (χ0v) is 17.7. The molecule has 0 atom stereocenters. The number of ether oxygens (including phenoxy) is 1. The number of halogens is 2. The Morgan fingerprint density at radius 2 is 1.93 bits per heavy atom. The van der Waals surface area contributed by atoms with Gasteiger partial charge in [-0.15, -0.1) is 0 Å². The van der Waals surface area contributed by atoms with Crippen molar-refractivity contribution in [3.8, 4) is 5.75 Å². The Labute approximate surface area is 176 Å². The highest BCUT2D eigenvalue weighted by Gasteiger charge is 2.20. The third kappa shape index (κ3) is 6.34. The predicted molar refractivity (Wildman–Crippen MR) is 116 cm³/mol. The summed E-state index contributed by atoms with van der Waals surface area (Å²) in [6.07, 6.45) is 2.07. The van der Waals surface area contributed by atoms with E-state index in [-0.39, 0.29) is 5.82 Å². The zero-order valence-electron chi connectivity index (χ0n) is 16.9. The second-order valence-electron chi connectivity index (χ2n) is 7.20. The summed E-state index contributed by atoms with van der Waals surface area (Å²) in [5.74, 6) is 1.35. The van der Waals surface area contributed by atoms with Crippen molar-refractivity contribution in [3.63, 3.8) is 0 Å². The molecule has 0 spiro atoms. The molecule has 3 rings (SSSR count). The Bertz CT molecular complexity index is 820. The molecule has 0 radical (unpaired) electrons. The van der Waals surface area contributed by atoms with Crippen molar-refractivity contribution in [3.05, 3.63) is 64.4 Å². The normalized spacial score (nSPS) is 15.9. The fraction of sp³-hybridized carbons (Fsp3) is 0.409. The Morgan fingerprint density at radius 1 is 1.21 bits per heavy atom. The maximum atomic E-state index is 13.1. The van der Waals surface area contributed by atoms with Gasteiger partial charge in [-0.25, -0.2) is 4.39 Å². The minimum Gasteiger partial charge on any atom is -0.496 e. The molecule has 0 aromatic heterocycles. The summed E-state index contributed by atoms with van der Waals surface area (Å²) in [4.78, 5) is 6.75. The van der Waals surface area contributed by atoms with Gasteiger partial charge in [-0.2, -0.15) is 0 Å². The van der Waals surface area contributed by atoms with Crippen molar-refractivity contribution in [1.29, 1.82) is 0 Å². The molecule has 156 valence electrons. The van der Waals surface area contributed by atoms with Crippen LogP contribution in [-0.4, -0.2) is 44.1 Å². The van der Waals surface area contributed by atoms with Crippen LogP contribution < -0.4 is 15.4 Å². The number of hydrogen-bond acceptors (Lipinski definition) is 3. The van der Waals surface area contributed by atoms with Gasteiger partial charge in [0, 0.05) is 49.9 Å². The standard InChI is InChI=1S/C22H28ClFN4O/c1-25-22(26-14-17-5-6-18(23)13-21(17)29-2)27-20-9-11-28(12-10-20)15-16-3-7-19(24)8-4-16/h3-8,13,20H,9-12,14-15H2,1-2H3,(H2,25,26,27). The highest BCUT2D eigenvalue weighted by Crippen LogP contribution is 2.23. The first-order chi connectivity index (χ1) is 14.1. The van der Waals surface area contributed by atoms with E-state index in [2.05, 4.69) is 20.5 Å². The van der Waals surface area contributed by atoms with Crippen LogP contribution in [0.2, 0.25) is 5.02 Å². The lowest BCUT2D eigenvalue weighted by atomic mass is 10.0. The second kappa shape index (κ2) is 10.5. The third-order valence-corrected chi connectivity index (χ3v) is 5.40. The third-order valence-electron chi connectivity index (χ3n) is 5.17. The summed E-state index contributed by atoms with van der Waals surface area (Å²) >= 11 is 6.03. The molecule has 2 N–H and O–H groups in total. The van der Waals surface area contributed by atoms with Crippen LogP contribution in [0.25, 0.3) is 0 Å². The molecule has 0 bridgehead atoms. The summed E-state index contributed by atoms with van der Waals surface area (Å²) in [6, 6.07) is 12.8. The van der Waals surface area contributed by atoms with Gasteiger partial charge in [0.05, 0.1) is 7.11 Å². The zero-order chi connectivity index (χ0) is 20.6. The number of piperidine rings is 1. The van der Waals surface area contributed by atoms with Crippen LogP contribution in [-0.2, 0) is 13.1 Å². The summed E-state index contributed by atoms with van der Waals surface area (Å²) in [5, 5.41) is 7.52. The Hall–Kier alpha value is -2.31. The number of rotatable bonds is 6. The van der Waals surface area contributed by atoms with E-state index in [0.717, 1.165) is 55.3 Å². The molecule has 1 aliphatic heterocycles. The SMILES string of the molecule is CN=C(NCc1ccc(Cl)cc1OC)NC1CCN(Cc2ccc(F)cc2)CC1. The quantitative estimate of drug-likeness (QED) is 0.553. The first kappa shape index (κ1) is 21.4. The highest BCUT2D eigenvalue weighted by molar-refractivity contribution is 6.30. The monoisotopic (exact) mass is 418 g/mol. The fourth-order valence-electron chi connectivity index (χ4n) is 3.51. The molecule has 1 heterocycles. The maximum Gasteiger partial charge on any atom is 0.191 e. The predicted octanol–water partition coefficient (Wildman–Crippen LogP) is 3.82. The van der Waals surface area contributed by atoms with E-state index in [4.69, 9.17) is 16.3 Å². The van der Waals surface area contributed by atoms with E-state index < -0.39 is 0 Å². The van der Waals surface area contributed by atoms with Crippen LogP contribution in [0.1, 0.15) is 24.0 Å². The largest absolute Gasteiger partial charge is 0.496 e. The summed E-state index contributed by atoms with van der Waals surface area (Å²) < 4.78 is 18.4. The van der Waals surface area contributed by atoms with Gasteiger partial charge in [-0.05, 0) is 42.7 Å². The minimum atomic E-state index is -0.188. The molecule has 0 aliphatic carbocycles. The molecule has 0 unspecified atom stereocenters. The van der Waals surface area contributed by atoms with Crippen molar-refractivity contribution in [2.24, 2.45) is 4.99 Å². The highest BCUT2D eigenvalue weighted by atomic mass is 35.5. The number of guanidine groups is 1. The van der Waals surface area contributed by atoms with Crippen LogP contribution in [0.15, 0.2) is 47.5 Å². The average Bonchev–Trinajstić information content (AvgIpc) is 2.74. The number of methoxy groups -OCH3 is 1. The Kier molecular flexibility index (Phi) is 7.72. The molecule has 1 aliphatic rings. The van der Waals surface area contributed by atoms with Crippen LogP contribution in [0.5, 0.6) is 5.75 Å². The van der Waals surface area contributed by atoms with Gasteiger partial charge in [-0.1, -0.05) is 29.8 Å². The second-order valence-corrected chi connectivity index (χ2v) is 7.64. The van der Waals surface area contributed by atoms with Gasteiger partial charge in [0.15, 0.2) is 5.96 Å². The van der Waals surface area contributed by atoms with E-state index in [9.17, 15) is 4.39 Å². The Morgan fingerprint density at radius 3 is 2.59 bits per heavy atom. The first-order valence-electron chi connectivity index (χ1n) is 9.84. The molecule has 1 fully saturated rings. The molecule has 2 aromatic carbocycles. The fourth-order valence-corrected chi connectivity index (χ4v) is 3.68. The van der Waals surface area contributed by atoms with Gasteiger partial charge in [0.2, 0.25) is 0 Å². The number of nitrogens with zero attached hydrogens (tertiary/aromatic N) is 2. The van der Waals surface area contributed by atoms with Gasteiger partial charge in [0.25, 0.3) is 0 Å². The maximum absolute atomic E-state index is 13.1. The topological polar surface area (TPSA) is 48.9 Å². The van der Waals surface area contributed by atoms with E-state index in [1.165, 1.54) is 12.1 Å². The van der Waals surface area contributed by atoms with Gasteiger partial charge in [-0.3, -0.25) is 9.89 Å². The lowest BCUT2D eigenvalue weighted by Gasteiger charge is -2.33. The van der Waals surface area contributed by atoms with Crippen LogP contribution in [0.3, 0.4) is 0 Å². The van der Waals surface area contributed by atoms with Gasteiger partial charge >= 0.3 is 0 Å². The van der Waals surface area contributed by atoms with E-state index >= 15 is 0 Å². The van der Waals surface area contributed by atoms with Crippen LogP contribution >= 0.6 is 11.6 Å². The van der Waals surface area contributed by atoms with Crippen molar-refractivity contribution < 1.29 is 9.13 Å². The van der Waals surface area contributed by atoms with Crippen molar-refractivity contribution in [2.75, 3.05) is 27.2 Å². The number of nitrogens with one attached hydrogen (secondary N) is 2. The lowest BCUT2D eigenvalue weighted by molar-refractivity contribution is 0.198. The van der Waals surface area contributed by atoms with E-state index in [1.807, 2.05) is 30.3 Å². The first-order valence-corrected chi connectivity index (χ1v) is 10.2. The smallest absolute Gasteiger partial charge is 0.191 e. The van der Waals surface area contributed by atoms with Crippen molar-refractivity contribution in [1.82, 2.24) is 15.5 Å². The van der Waals surface area contributed by atoms with E-state index in [0.29, 0.717) is 17.6 Å². The molecular weight excluding hydrogens is 391 g/mol. The number of aliphatic imine (C=N–C) groups is 1. The molecule has 7 heteroatoms. The number of hydrogen-bond donors (Lipinski definition) is 2. The molecule has 2 aromatic rings. The van der Waals surface area contributed by atoms with Crippen LogP contribution in [0, 0.1) is 5.82 Å². The summed E-state index contributed by atoms with van der Waals surface area (Å²) in [7, 11) is 3.42. The molecule has 1 saturated heterocycles. The van der Waals surface area contributed by atoms with E-state index in [1.54, 1.807) is 14.2 Å². The van der Waals surface area contributed by atoms with Crippen LogP contribution in [0.4, 0.5) is 4.39 Å².